The van der Waals surface area contributed by atoms with Gasteiger partial charge in [0, 0.05) is 5.71 Å². The van der Waals surface area contributed by atoms with Crippen molar-refractivity contribution in [2.75, 3.05) is 5.32 Å². The molecule has 0 spiro atoms. The molecule has 4 rings (SSSR count). The van der Waals surface area contributed by atoms with E-state index in [2.05, 4.69) is 56.0 Å². The molecule has 7 heteroatoms. The van der Waals surface area contributed by atoms with E-state index in [0.717, 1.165) is 31.4 Å². The first kappa shape index (κ1) is 21.1. The van der Waals surface area contributed by atoms with Crippen LogP contribution in [-0.2, 0) is 0 Å². The van der Waals surface area contributed by atoms with Crippen molar-refractivity contribution in [2.45, 2.75) is 31.6 Å². The molecule has 3 aromatic rings. The molecule has 158 valence electrons. The van der Waals surface area contributed by atoms with Crippen LogP contribution in [0.4, 0.5) is 5.69 Å². The number of nitrogens with zero attached hydrogens (tertiary/aromatic N) is 1. The number of amides is 2. The van der Waals surface area contributed by atoms with Crippen LogP contribution in [0.15, 0.2) is 80.9 Å². The fourth-order valence-corrected chi connectivity index (χ4v) is 4.03. The van der Waals surface area contributed by atoms with Crippen LogP contribution in [0.5, 0.6) is 0 Å². The number of benzene rings is 2. The van der Waals surface area contributed by atoms with E-state index in [1.165, 1.54) is 5.56 Å². The van der Waals surface area contributed by atoms with E-state index in [1.807, 2.05) is 6.07 Å². The summed E-state index contributed by atoms with van der Waals surface area (Å²) in [4.78, 5) is 25.1. The number of rotatable bonds is 5. The first-order valence-electron chi connectivity index (χ1n) is 10.2. The Morgan fingerprint density at radius 3 is 2.32 bits per heavy atom. The predicted molar refractivity (Wildman–Crippen MR) is 123 cm³/mol. The molecule has 0 aliphatic heterocycles. The highest BCUT2D eigenvalue weighted by atomic mass is 79.9. The van der Waals surface area contributed by atoms with Crippen molar-refractivity contribution < 1.29 is 14.0 Å². The van der Waals surface area contributed by atoms with Gasteiger partial charge in [-0.05, 0) is 77.4 Å². The second kappa shape index (κ2) is 9.75. The summed E-state index contributed by atoms with van der Waals surface area (Å²) in [6, 6.07) is 20.5. The van der Waals surface area contributed by atoms with Gasteiger partial charge in [0.1, 0.15) is 0 Å². The molecule has 0 atom stereocenters. The third kappa shape index (κ3) is 5.30. The van der Waals surface area contributed by atoms with E-state index in [0.29, 0.717) is 21.8 Å². The number of nitrogens with one attached hydrogen (secondary N) is 2. The van der Waals surface area contributed by atoms with Crippen LogP contribution in [-0.4, -0.2) is 17.5 Å². The van der Waals surface area contributed by atoms with E-state index in [-0.39, 0.29) is 11.7 Å². The molecule has 1 aliphatic rings. The standard InChI is InChI=1S/C24H22BrN3O3/c25-22-15-14-21(31-22)24(30)26-20-9-5-4-8-19(20)23(29)28-27-18-12-10-17(11-13-18)16-6-2-1-3-7-16/h1-9,14-15,17H,10-13H2,(H,26,30)(H,28,29). The number of hydrazone groups is 1. The lowest BCUT2D eigenvalue weighted by atomic mass is 9.83. The first-order chi connectivity index (χ1) is 15.1. The molecule has 1 saturated carbocycles. The number of hydrogen-bond donors (Lipinski definition) is 2. The van der Waals surface area contributed by atoms with E-state index in [9.17, 15) is 9.59 Å². The number of hydrogen-bond acceptors (Lipinski definition) is 4. The number of carbonyl (C=O) groups is 2. The normalized spacial score (nSPS) is 15.9. The molecule has 0 bridgehead atoms. The SMILES string of the molecule is O=C(Nc1ccccc1C(=O)NN=C1CCC(c2ccccc2)CC1)c1ccc(Br)o1. The lowest BCUT2D eigenvalue weighted by molar-refractivity contribution is 0.0955. The summed E-state index contributed by atoms with van der Waals surface area (Å²) < 4.78 is 5.73. The highest BCUT2D eigenvalue weighted by Crippen LogP contribution is 2.31. The van der Waals surface area contributed by atoms with Crippen molar-refractivity contribution in [1.29, 1.82) is 0 Å². The predicted octanol–water partition coefficient (Wildman–Crippen LogP) is 5.74. The van der Waals surface area contributed by atoms with E-state index in [4.69, 9.17) is 4.42 Å². The summed E-state index contributed by atoms with van der Waals surface area (Å²) in [6.07, 6.45) is 3.74. The number of carbonyl (C=O) groups excluding carboxylic acids is 2. The molecule has 0 saturated heterocycles. The molecular weight excluding hydrogens is 458 g/mol. The molecule has 0 unspecified atom stereocenters. The Kier molecular flexibility index (Phi) is 6.62. The van der Waals surface area contributed by atoms with Gasteiger partial charge in [-0.1, -0.05) is 42.5 Å². The van der Waals surface area contributed by atoms with Gasteiger partial charge in [-0.3, -0.25) is 9.59 Å². The van der Waals surface area contributed by atoms with Gasteiger partial charge >= 0.3 is 0 Å². The van der Waals surface area contributed by atoms with Crippen LogP contribution >= 0.6 is 15.9 Å². The average molecular weight is 480 g/mol. The van der Waals surface area contributed by atoms with Crippen LogP contribution in [0.2, 0.25) is 0 Å². The van der Waals surface area contributed by atoms with Crippen molar-refractivity contribution in [1.82, 2.24) is 5.43 Å². The van der Waals surface area contributed by atoms with E-state index >= 15 is 0 Å². The Hall–Kier alpha value is -3.19. The first-order valence-corrected chi connectivity index (χ1v) is 11.0. The summed E-state index contributed by atoms with van der Waals surface area (Å²) in [6.45, 7) is 0. The second-order valence-electron chi connectivity index (χ2n) is 7.41. The fraction of sp³-hybridized carbons (Fsp3) is 0.208. The Morgan fingerprint density at radius 1 is 0.903 bits per heavy atom. The summed E-state index contributed by atoms with van der Waals surface area (Å²) in [7, 11) is 0. The zero-order chi connectivity index (χ0) is 21.6. The van der Waals surface area contributed by atoms with Crippen molar-refractivity contribution in [3.8, 4) is 0 Å². The van der Waals surface area contributed by atoms with Crippen molar-refractivity contribution in [3.05, 3.63) is 88.3 Å². The molecule has 31 heavy (non-hydrogen) atoms. The van der Waals surface area contributed by atoms with E-state index < -0.39 is 5.91 Å². The largest absolute Gasteiger partial charge is 0.444 e. The third-order valence-corrected chi connectivity index (χ3v) is 5.79. The van der Waals surface area contributed by atoms with Gasteiger partial charge in [-0.25, -0.2) is 5.43 Å². The monoisotopic (exact) mass is 479 g/mol. The number of para-hydroxylation sites is 1. The van der Waals surface area contributed by atoms with Crippen LogP contribution < -0.4 is 10.7 Å². The van der Waals surface area contributed by atoms with Crippen molar-refractivity contribution in [2.24, 2.45) is 5.10 Å². The number of halogens is 1. The quantitative estimate of drug-likeness (QED) is 0.457. The Balaban J connectivity index is 1.37. The summed E-state index contributed by atoms with van der Waals surface area (Å²) in [5.74, 6) is -0.114. The van der Waals surface area contributed by atoms with Crippen molar-refractivity contribution >= 4 is 39.1 Å². The van der Waals surface area contributed by atoms with Gasteiger partial charge in [0.15, 0.2) is 10.4 Å². The maximum absolute atomic E-state index is 12.7. The van der Waals surface area contributed by atoms with Gasteiger partial charge in [0.05, 0.1) is 11.3 Å². The summed E-state index contributed by atoms with van der Waals surface area (Å²) >= 11 is 3.17. The number of furan rings is 1. The molecule has 2 amide bonds. The maximum Gasteiger partial charge on any atom is 0.291 e. The van der Waals surface area contributed by atoms with Gasteiger partial charge in [-0.15, -0.1) is 0 Å². The summed E-state index contributed by atoms with van der Waals surface area (Å²) in [5.41, 5.74) is 5.73. The smallest absolute Gasteiger partial charge is 0.291 e. The topological polar surface area (TPSA) is 83.7 Å². The minimum absolute atomic E-state index is 0.150. The Morgan fingerprint density at radius 2 is 1.61 bits per heavy atom. The molecule has 1 heterocycles. The van der Waals surface area contributed by atoms with Crippen molar-refractivity contribution in [3.63, 3.8) is 0 Å². The van der Waals surface area contributed by atoms with Gasteiger partial charge in [0.25, 0.3) is 11.8 Å². The van der Waals surface area contributed by atoms with Crippen LogP contribution in [0, 0.1) is 0 Å². The van der Waals surface area contributed by atoms with Crippen LogP contribution in [0.3, 0.4) is 0 Å². The fourth-order valence-electron chi connectivity index (χ4n) is 3.72. The highest BCUT2D eigenvalue weighted by molar-refractivity contribution is 9.10. The maximum atomic E-state index is 12.7. The highest BCUT2D eigenvalue weighted by Gasteiger charge is 2.20. The van der Waals surface area contributed by atoms with Gasteiger partial charge in [0.2, 0.25) is 0 Å². The van der Waals surface area contributed by atoms with Crippen LogP contribution in [0.1, 0.15) is 58.1 Å². The second-order valence-corrected chi connectivity index (χ2v) is 8.19. The zero-order valence-corrected chi connectivity index (χ0v) is 18.4. The minimum atomic E-state index is -0.434. The molecule has 0 radical (unpaired) electrons. The third-order valence-electron chi connectivity index (χ3n) is 5.37. The Labute approximate surface area is 188 Å². The number of anilines is 1. The lowest BCUT2D eigenvalue weighted by Crippen LogP contribution is -2.23. The van der Waals surface area contributed by atoms with Crippen LogP contribution in [0.25, 0.3) is 0 Å². The zero-order valence-electron chi connectivity index (χ0n) is 16.8. The molecule has 1 fully saturated rings. The minimum Gasteiger partial charge on any atom is -0.444 e. The molecule has 1 aliphatic carbocycles. The molecule has 2 N–H and O–H groups in total. The lowest BCUT2D eigenvalue weighted by Gasteiger charge is -2.23. The molecule has 6 nitrogen and oxygen atoms in total. The van der Waals surface area contributed by atoms with Gasteiger partial charge in [-0.2, -0.15) is 5.10 Å². The van der Waals surface area contributed by atoms with Gasteiger partial charge < -0.3 is 9.73 Å². The average Bonchev–Trinajstić information content (AvgIpc) is 3.25. The molecular formula is C24H22BrN3O3. The molecule has 1 aromatic heterocycles. The summed E-state index contributed by atoms with van der Waals surface area (Å²) in [5, 5.41) is 7.07. The Bertz CT molecular complexity index is 1100. The van der Waals surface area contributed by atoms with E-state index in [1.54, 1.807) is 36.4 Å². The molecule has 2 aromatic carbocycles.